The summed E-state index contributed by atoms with van der Waals surface area (Å²) in [7, 11) is 0. The topological polar surface area (TPSA) is 40.6 Å². The van der Waals surface area contributed by atoms with Crippen LogP contribution in [0.15, 0.2) is 72.4 Å². The van der Waals surface area contributed by atoms with Crippen LogP contribution < -0.4 is 4.90 Å². The Morgan fingerprint density at radius 3 is 2.20 bits per heavy atom. The van der Waals surface area contributed by atoms with Crippen LogP contribution in [0.2, 0.25) is 0 Å². The molecule has 0 unspecified atom stereocenters. The quantitative estimate of drug-likeness (QED) is 0.590. The summed E-state index contributed by atoms with van der Waals surface area (Å²) in [5.74, 6) is -0.449. The van der Waals surface area contributed by atoms with E-state index in [4.69, 9.17) is 0 Å². The predicted molar refractivity (Wildman–Crippen MR) is 120 cm³/mol. The van der Waals surface area contributed by atoms with Crippen molar-refractivity contribution in [2.75, 3.05) is 18.0 Å². The number of carbonyl (C=O) groups excluding carboxylic acids is 2. The molecule has 30 heavy (non-hydrogen) atoms. The maximum Gasteiger partial charge on any atom is 0.282 e. The first-order chi connectivity index (χ1) is 14.6. The molecule has 0 radical (unpaired) electrons. The monoisotopic (exact) mass is 396 g/mol. The molecule has 0 N–H and O–H groups in total. The van der Waals surface area contributed by atoms with Crippen LogP contribution in [-0.4, -0.2) is 29.8 Å². The van der Waals surface area contributed by atoms with Gasteiger partial charge in [-0.05, 0) is 43.2 Å². The van der Waals surface area contributed by atoms with Gasteiger partial charge < -0.3 is 4.90 Å². The molecule has 0 atom stereocenters. The van der Waals surface area contributed by atoms with Crippen molar-refractivity contribution in [3.63, 3.8) is 0 Å². The van der Waals surface area contributed by atoms with Crippen molar-refractivity contribution in [2.24, 2.45) is 0 Å². The van der Waals surface area contributed by atoms with Gasteiger partial charge in [0.25, 0.3) is 11.8 Å². The second-order valence-corrected chi connectivity index (χ2v) is 8.08. The lowest BCUT2D eigenvalue weighted by Crippen LogP contribution is -2.37. The molecule has 2 heterocycles. The number of fused-ring (bicyclic) bond motifs is 1. The average molecular weight is 396 g/mol. The zero-order chi connectivity index (χ0) is 20.7. The molecule has 3 aromatic carbocycles. The van der Waals surface area contributed by atoms with Crippen molar-refractivity contribution in [2.45, 2.75) is 26.2 Å². The molecule has 2 amide bonds. The molecular weight excluding hydrogens is 372 g/mol. The third-order valence-corrected chi connectivity index (χ3v) is 6.08. The minimum atomic E-state index is -0.235. The minimum absolute atomic E-state index is 0.214. The number of piperidine rings is 1. The van der Waals surface area contributed by atoms with Gasteiger partial charge in [0.1, 0.15) is 5.70 Å². The molecule has 0 aliphatic carbocycles. The molecule has 4 heteroatoms. The Kier molecular flexibility index (Phi) is 4.62. The van der Waals surface area contributed by atoms with Gasteiger partial charge in [-0.25, -0.2) is 4.90 Å². The highest BCUT2D eigenvalue weighted by atomic mass is 16.2. The standard InChI is InChI=1S/C26H24N2O2/c1-18-12-14-20(15-13-18)23-24(27-16-5-2-6-17-27)26(30)28(25(23)29)22-11-7-9-19-8-3-4-10-21(19)22/h3-4,7-15H,2,5-6,16-17H2,1H3. The van der Waals surface area contributed by atoms with Gasteiger partial charge >= 0.3 is 0 Å². The van der Waals surface area contributed by atoms with Crippen LogP contribution in [0, 0.1) is 6.92 Å². The van der Waals surface area contributed by atoms with E-state index in [0.717, 1.165) is 47.8 Å². The van der Waals surface area contributed by atoms with Crippen molar-refractivity contribution in [3.8, 4) is 0 Å². The molecule has 0 aromatic heterocycles. The molecule has 150 valence electrons. The lowest BCUT2D eigenvalue weighted by atomic mass is 10.0. The fraction of sp³-hybridized carbons (Fsp3) is 0.231. The van der Waals surface area contributed by atoms with Crippen LogP contribution in [0.3, 0.4) is 0 Å². The molecule has 1 fully saturated rings. The van der Waals surface area contributed by atoms with Crippen LogP contribution in [0.5, 0.6) is 0 Å². The molecule has 2 aliphatic heterocycles. The summed E-state index contributed by atoms with van der Waals surface area (Å²) >= 11 is 0. The fourth-order valence-electron chi connectivity index (χ4n) is 4.53. The van der Waals surface area contributed by atoms with Crippen molar-refractivity contribution in [3.05, 3.63) is 83.6 Å². The van der Waals surface area contributed by atoms with E-state index in [0.29, 0.717) is 17.0 Å². The molecule has 1 saturated heterocycles. The van der Waals surface area contributed by atoms with Crippen molar-refractivity contribution < 1.29 is 9.59 Å². The van der Waals surface area contributed by atoms with Crippen molar-refractivity contribution in [1.29, 1.82) is 0 Å². The van der Waals surface area contributed by atoms with Crippen LogP contribution in [0.25, 0.3) is 16.3 Å². The second-order valence-electron chi connectivity index (χ2n) is 8.08. The molecule has 4 nitrogen and oxygen atoms in total. The number of hydrogen-bond donors (Lipinski definition) is 0. The number of likely N-dealkylation sites (tertiary alicyclic amines) is 1. The Morgan fingerprint density at radius 2 is 1.43 bits per heavy atom. The van der Waals surface area contributed by atoms with Gasteiger partial charge in [-0.15, -0.1) is 0 Å². The smallest absolute Gasteiger partial charge is 0.282 e. The number of aryl methyl sites for hydroxylation is 1. The van der Waals surface area contributed by atoms with Gasteiger partial charge in [0.2, 0.25) is 0 Å². The molecule has 2 aliphatic rings. The molecule has 5 rings (SSSR count). The zero-order valence-corrected chi connectivity index (χ0v) is 17.1. The summed E-state index contributed by atoms with van der Waals surface area (Å²) in [6, 6.07) is 21.5. The van der Waals surface area contributed by atoms with Crippen LogP contribution >= 0.6 is 0 Å². The van der Waals surface area contributed by atoms with Crippen LogP contribution in [0.4, 0.5) is 5.69 Å². The number of hydrogen-bond acceptors (Lipinski definition) is 3. The van der Waals surface area contributed by atoms with Gasteiger partial charge in [0.05, 0.1) is 11.3 Å². The maximum absolute atomic E-state index is 13.7. The largest absolute Gasteiger partial charge is 0.366 e. The van der Waals surface area contributed by atoms with Crippen LogP contribution in [0.1, 0.15) is 30.4 Å². The first-order valence-electron chi connectivity index (χ1n) is 10.6. The van der Waals surface area contributed by atoms with E-state index in [1.165, 1.54) is 11.3 Å². The summed E-state index contributed by atoms with van der Waals surface area (Å²) < 4.78 is 0. The number of benzene rings is 3. The van der Waals surface area contributed by atoms with E-state index in [2.05, 4.69) is 4.90 Å². The molecule has 3 aromatic rings. The van der Waals surface area contributed by atoms with Crippen molar-refractivity contribution >= 4 is 33.8 Å². The average Bonchev–Trinajstić information content (AvgIpc) is 3.04. The Hall–Kier alpha value is -3.40. The number of anilines is 1. The Bertz CT molecular complexity index is 1170. The normalized spacial score (nSPS) is 17.4. The highest BCUT2D eigenvalue weighted by Crippen LogP contribution is 2.38. The molecular formula is C26H24N2O2. The van der Waals surface area contributed by atoms with Gasteiger partial charge in [-0.2, -0.15) is 0 Å². The second kappa shape index (κ2) is 7.45. The van der Waals surface area contributed by atoms with E-state index in [-0.39, 0.29) is 11.8 Å². The van der Waals surface area contributed by atoms with Crippen LogP contribution in [-0.2, 0) is 9.59 Å². The number of rotatable bonds is 3. The van der Waals surface area contributed by atoms with E-state index in [1.807, 2.05) is 73.7 Å². The summed E-state index contributed by atoms with van der Waals surface area (Å²) in [6.45, 7) is 3.65. The highest BCUT2D eigenvalue weighted by molar-refractivity contribution is 6.46. The van der Waals surface area contributed by atoms with E-state index >= 15 is 0 Å². The number of imide groups is 1. The number of amides is 2. The third kappa shape index (κ3) is 3.00. The van der Waals surface area contributed by atoms with Gasteiger partial charge in [0.15, 0.2) is 0 Å². The molecule has 0 saturated carbocycles. The van der Waals surface area contributed by atoms with Gasteiger partial charge in [-0.3, -0.25) is 9.59 Å². The fourth-order valence-corrected chi connectivity index (χ4v) is 4.53. The maximum atomic E-state index is 13.7. The van der Waals surface area contributed by atoms with E-state index in [9.17, 15) is 9.59 Å². The van der Waals surface area contributed by atoms with E-state index < -0.39 is 0 Å². The summed E-state index contributed by atoms with van der Waals surface area (Å²) in [4.78, 5) is 30.9. The molecule has 0 bridgehead atoms. The summed E-state index contributed by atoms with van der Waals surface area (Å²) in [5, 5.41) is 1.92. The summed E-state index contributed by atoms with van der Waals surface area (Å²) in [6.07, 6.45) is 3.25. The Morgan fingerprint density at radius 1 is 0.733 bits per heavy atom. The number of carbonyl (C=O) groups is 2. The van der Waals surface area contributed by atoms with Crippen molar-refractivity contribution in [1.82, 2.24) is 4.90 Å². The highest BCUT2D eigenvalue weighted by Gasteiger charge is 2.43. The predicted octanol–water partition coefficient (Wildman–Crippen LogP) is 4.92. The van der Waals surface area contributed by atoms with E-state index in [1.54, 1.807) is 0 Å². The Labute approximate surface area is 176 Å². The SMILES string of the molecule is Cc1ccc(C2=C(N3CCCCC3)C(=O)N(c3cccc4ccccc34)C2=O)cc1. The van der Waals surface area contributed by atoms with Gasteiger partial charge in [0, 0.05) is 18.5 Å². The lowest BCUT2D eigenvalue weighted by molar-refractivity contribution is -0.120. The number of nitrogens with zero attached hydrogens (tertiary/aromatic N) is 2. The third-order valence-electron chi connectivity index (χ3n) is 6.08. The molecule has 0 spiro atoms. The Balaban J connectivity index is 1.67. The minimum Gasteiger partial charge on any atom is -0.366 e. The lowest BCUT2D eigenvalue weighted by Gasteiger charge is -2.29. The first kappa shape index (κ1) is 18.6. The first-order valence-corrected chi connectivity index (χ1v) is 10.6. The zero-order valence-electron chi connectivity index (χ0n) is 17.1. The summed E-state index contributed by atoms with van der Waals surface area (Å²) in [5.41, 5.74) is 3.66. The van der Waals surface area contributed by atoms with Gasteiger partial charge in [-0.1, -0.05) is 66.2 Å².